The molecule has 0 aliphatic carbocycles. The van der Waals surface area contributed by atoms with Gasteiger partial charge in [0.05, 0.1) is 25.8 Å². The van der Waals surface area contributed by atoms with Crippen molar-refractivity contribution in [2.75, 3.05) is 20.8 Å². The molecule has 0 atom stereocenters. The average molecular weight is 333 g/mol. The number of rotatable bonds is 7. The summed E-state index contributed by atoms with van der Waals surface area (Å²) in [7, 11) is 3.03. The number of carbonyl (C=O) groups is 1. The van der Waals surface area contributed by atoms with Gasteiger partial charge in [0.2, 0.25) is 5.91 Å². The number of nitrogens with one attached hydrogen (secondary N) is 1. The fourth-order valence-corrected chi connectivity index (χ4v) is 2.31. The van der Waals surface area contributed by atoms with Gasteiger partial charge in [-0.15, -0.1) is 0 Å². The molecule has 0 aliphatic heterocycles. The van der Waals surface area contributed by atoms with Crippen molar-refractivity contribution in [3.05, 3.63) is 28.7 Å². The van der Waals surface area contributed by atoms with E-state index in [2.05, 4.69) is 24.3 Å². The highest BCUT2D eigenvalue weighted by Crippen LogP contribution is 2.30. The van der Waals surface area contributed by atoms with Gasteiger partial charge in [0.25, 0.3) is 5.56 Å². The van der Waals surface area contributed by atoms with Gasteiger partial charge >= 0.3 is 0 Å². The van der Waals surface area contributed by atoms with Crippen LogP contribution in [-0.4, -0.2) is 36.5 Å². The van der Waals surface area contributed by atoms with Crippen LogP contribution in [-0.2, 0) is 11.3 Å². The van der Waals surface area contributed by atoms with E-state index in [1.165, 1.54) is 14.2 Å². The zero-order valence-corrected chi connectivity index (χ0v) is 14.5. The van der Waals surface area contributed by atoms with E-state index >= 15 is 0 Å². The molecule has 1 aromatic heterocycles. The van der Waals surface area contributed by atoms with E-state index < -0.39 is 0 Å². The molecule has 24 heavy (non-hydrogen) atoms. The minimum Gasteiger partial charge on any atom is -0.493 e. The number of nitrogens with zero attached hydrogens (tertiary/aromatic N) is 2. The molecule has 0 saturated heterocycles. The lowest BCUT2D eigenvalue weighted by Gasteiger charge is -2.11. The first kappa shape index (κ1) is 17.8. The molecule has 0 saturated carbocycles. The second kappa shape index (κ2) is 7.81. The summed E-state index contributed by atoms with van der Waals surface area (Å²) in [6, 6.07) is 3.29. The predicted octanol–water partition coefficient (Wildman–Crippen LogP) is 1.58. The molecule has 0 radical (unpaired) electrons. The monoisotopic (exact) mass is 333 g/mol. The third-order valence-corrected chi connectivity index (χ3v) is 3.69. The quantitative estimate of drug-likeness (QED) is 0.832. The molecule has 2 aromatic rings. The summed E-state index contributed by atoms with van der Waals surface area (Å²) in [4.78, 5) is 24.5. The van der Waals surface area contributed by atoms with Gasteiger partial charge in [-0.05, 0) is 24.5 Å². The fraction of sp³-hybridized carbons (Fsp3) is 0.471. The van der Waals surface area contributed by atoms with Crippen LogP contribution in [0.25, 0.3) is 10.8 Å². The third kappa shape index (κ3) is 4.04. The molecule has 0 fully saturated rings. The first-order chi connectivity index (χ1) is 11.5. The molecular formula is C17H23N3O4. The highest BCUT2D eigenvalue weighted by molar-refractivity contribution is 5.85. The second-order valence-corrected chi connectivity index (χ2v) is 5.93. The van der Waals surface area contributed by atoms with Crippen molar-refractivity contribution < 1.29 is 14.3 Å². The first-order valence-electron chi connectivity index (χ1n) is 7.84. The molecule has 0 aliphatic rings. The van der Waals surface area contributed by atoms with Crippen LogP contribution in [0.1, 0.15) is 20.3 Å². The number of ether oxygens (including phenoxy) is 2. The van der Waals surface area contributed by atoms with E-state index in [-0.39, 0.29) is 18.0 Å². The highest BCUT2D eigenvalue weighted by Gasteiger charge is 2.12. The Morgan fingerprint density at radius 3 is 2.54 bits per heavy atom. The Morgan fingerprint density at radius 2 is 1.92 bits per heavy atom. The van der Waals surface area contributed by atoms with Gasteiger partial charge in [-0.25, -0.2) is 4.68 Å². The standard InChI is InChI=1S/C17H23N3O4/c1-11(2)5-6-18-16(21)10-20-17(22)13-8-15(24-4)14(23-3)7-12(13)9-19-20/h7-9,11H,5-6,10H2,1-4H3,(H,18,21). The Bertz CT molecular complexity index is 783. The molecule has 1 aromatic carbocycles. The molecule has 0 spiro atoms. The topological polar surface area (TPSA) is 82.5 Å². The van der Waals surface area contributed by atoms with Gasteiger partial charge in [0.15, 0.2) is 11.5 Å². The largest absolute Gasteiger partial charge is 0.493 e. The highest BCUT2D eigenvalue weighted by atomic mass is 16.5. The normalized spacial score (nSPS) is 10.9. The zero-order valence-electron chi connectivity index (χ0n) is 14.5. The van der Waals surface area contributed by atoms with E-state index in [1.807, 2.05) is 0 Å². The molecule has 0 unspecified atom stereocenters. The SMILES string of the molecule is COc1cc2cnn(CC(=O)NCCC(C)C)c(=O)c2cc1OC. The van der Waals surface area contributed by atoms with Crippen LogP contribution >= 0.6 is 0 Å². The number of hydrogen-bond donors (Lipinski definition) is 1. The Labute approximate surface area is 140 Å². The Hall–Kier alpha value is -2.57. The Kier molecular flexibility index (Phi) is 5.78. The minimum absolute atomic E-state index is 0.110. The first-order valence-corrected chi connectivity index (χ1v) is 7.84. The molecular weight excluding hydrogens is 310 g/mol. The summed E-state index contributed by atoms with van der Waals surface area (Å²) >= 11 is 0. The van der Waals surface area contributed by atoms with E-state index in [1.54, 1.807) is 18.3 Å². The molecule has 7 nitrogen and oxygen atoms in total. The lowest BCUT2D eigenvalue weighted by atomic mass is 10.1. The van der Waals surface area contributed by atoms with Crippen molar-refractivity contribution in [3.8, 4) is 11.5 Å². The number of aromatic nitrogens is 2. The Balaban J connectivity index is 2.24. The van der Waals surface area contributed by atoms with Crippen molar-refractivity contribution >= 4 is 16.7 Å². The van der Waals surface area contributed by atoms with Gasteiger partial charge < -0.3 is 14.8 Å². The molecule has 2 rings (SSSR count). The van der Waals surface area contributed by atoms with Crippen LogP contribution in [0, 0.1) is 5.92 Å². The lowest BCUT2D eigenvalue weighted by molar-refractivity contribution is -0.121. The smallest absolute Gasteiger partial charge is 0.275 e. The number of carbonyl (C=O) groups excluding carboxylic acids is 1. The summed E-state index contributed by atoms with van der Waals surface area (Å²) in [5.74, 6) is 1.26. The van der Waals surface area contributed by atoms with Crippen LogP contribution in [0.15, 0.2) is 23.1 Å². The molecule has 0 bridgehead atoms. The van der Waals surface area contributed by atoms with Gasteiger partial charge in [0.1, 0.15) is 6.54 Å². The number of amides is 1. The van der Waals surface area contributed by atoms with Gasteiger partial charge in [0, 0.05) is 11.9 Å². The molecule has 1 amide bonds. The average Bonchev–Trinajstić information content (AvgIpc) is 2.56. The van der Waals surface area contributed by atoms with Crippen LogP contribution < -0.4 is 20.3 Å². The minimum atomic E-state index is -0.340. The van der Waals surface area contributed by atoms with E-state index in [4.69, 9.17) is 9.47 Å². The summed E-state index contributed by atoms with van der Waals surface area (Å²) in [5.41, 5.74) is -0.340. The van der Waals surface area contributed by atoms with Crippen molar-refractivity contribution in [2.24, 2.45) is 5.92 Å². The Morgan fingerprint density at radius 1 is 1.25 bits per heavy atom. The molecule has 7 heteroatoms. The third-order valence-electron chi connectivity index (χ3n) is 3.69. The molecule has 1 heterocycles. The van der Waals surface area contributed by atoms with Gasteiger partial charge in [-0.2, -0.15) is 5.10 Å². The maximum Gasteiger partial charge on any atom is 0.275 e. The lowest BCUT2D eigenvalue weighted by Crippen LogP contribution is -2.34. The molecule has 130 valence electrons. The number of hydrogen-bond acceptors (Lipinski definition) is 5. The van der Waals surface area contributed by atoms with Gasteiger partial charge in [-0.1, -0.05) is 13.8 Å². The van der Waals surface area contributed by atoms with E-state index in [0.29, 0.717) is 34.7 Å². The van der Waals surface area contributed by atoms with Crippen LogP contribution in [0.2, 0.25) is 0 Å². The maximum absolute atomic E-state index is 12.5. The predicted molar refractivity (Wildman–Crippen MR) is 91.6 cm³/mol. The van der Waals surface area contributed by atoms with E-state index in [9.17, 15) is 9.59 Å². The van der Waals surface area contributed by atoms with Crippen molar-refractivity contribution in [1.82, 2.24) is 15.1 Å². The van der Waals surface area contributed by atoms with Gasteiger partial charge in [-0.3, -0.25) is 9.59 Å². The van der Waals surface area contributed by atoms with Crippen LogP contribution in [0.4, 0.5) is 0 Å². The zero-order chi connectivity index (χ0) is 17.7. The summed E-state index contributed by atoms with van der Waals surface area (Å²) in [5, 5.41) is 7.92. The maximum atomic E-state index is 12.5. The number of benzene rings is 1. The summed E-state index contributed by atoms with van der Waals surface area (Å²) in [6.45, 7) is 4.65. The summed E-state index contributed by atoms with van der Waals surface area (Å²) in [6.07, 6.45) is 2.43. The fourth-order valence-electron chi connectivity index (χ4n) is 2.31. The summed E-state index contributed by atoms with van der Waals surface area (Å²) < 4.78 is 11.6. The van der Waals surface area contributed by atoms with Crippen LogP contribution in [0.3, 0.4) is 0 Å². The number of fused-ring (bicyclic) bond motifs is 1. The van der Waals surface area contributed by atoms with Crippen molar-refractivity contribution in [2.45, 2.75) is 26.8 Å². The van der Waals surface area contributed by atoms with Crippen LogP contribution in [0.5, 0.6) is 11.5 Å². The van der Waals surface area contributed by atoms with Crippen molar-refractivity contribution in [1.29, 1.82) is 0 Å². The second-order valence-electron chi connectivity index (χ2n) is 5.93. The molecule has 1 N–H and O–H groups in total. The van der Waals surface area contributed by atoms with E-state index in [0.717, 1.165) is 11.1 Å². The van der Waals surface area contributed by atoms with Crippen molar-refractivity contribution in [3.63, 3.8) is 0 Å². The number of methoxy groups -OCH3 is 2.